The van der Waals surface area contributed by atoms with E-state index in [9.17, 15) is 9.18 Å². The third-order valence-electron chi connectivity index (χ3n) is 3.32. The molecule has 0 fully saturated rings. The normalized spacial score (nSPS) is 14.1. The molecule has 22 heavy (non-hydrogen) atoms. The first kappa shape index (κ1) is 14.6. The van der Waals surface area contributed by atoms with E-state index in [0.717, 1.165) is 5.56 Å². The lowest BCUT2D eigenvalue weighted by atomic mass is 10.1. The molecular weight excluding hydrogens is 285 g/mol. The number of carbonyl (C=O) groups excluding carboxylic acids is 1. The summed E-state index contributed by atoms with van der Waals surface area (Å²) < 4.78 is 20.2. The van der Waals surface area contributed by atoms with Crippen LogP contribution in [0.1, 0.15) is 20.8 Å². The highest BCUT2D eigenvalue weighted by Gasteiger charge is 2.30. The number of hydrogen-bond acceptors (Lipinski definition) is 3. The zero-order valence-electron chi connectivity index (χ0n) is 12.8. The zero-order chi connectivity index (χ0) is 15.9. The standard InChI is InChI=1S/C16H18FN3O2/c1-16(2,3)22-15(21)19-8-9-20-14(19)10-13(18-20)11-4-6-12(17)7-5-11/h4-7,10H,8-9H2,1-3H3. The number of fused-ring (bicyclic) bond motifs is 1. The molecule has 3 rings (SSSR count). The number of aromatic nitrogens is 2. The fraction of sp³-hybridized carbons (Fsp3) is 0.375. The molecule has 1 amide bonds. The lowest BCUT2D eigenvalue weighted by Gasteiger charge is -2.23. The maximum absolute atomic E-state index is 13.0. The third kappa shape index (κ3) is 2.81. The van der Waals surface area contributed by atoms with Gasteiger partial charge >= 0.3 is 6.09 Å². The van der Waals surface area contributed by atoms with Crippen LogP contribution in [0.4, 0.5) is 15.0 Å². The van der Waals surface area contributed by atoms with Gasteiger partial charge in [-0.25, -0.2) is 13.9 Å². The Morgan fingerprint density at radius 3 is 2.55 bits per heavy atom. The monoisotopic (exact) mass is 303 g/mol. The SMILES string of the molecule is CC(C)(C)OC(=O)N1CCn2nc(-c3ccc(F)cc3)cc21. The highest BCUT2D eigenvalue weighted by atomic mass is 19.1. The molecular formula is C16H18FN3O2. The van der Waals surface area contributed by atoms with E-state index in [2.05, 4.69) is 5.10 Å². The Labute approximate surface area is 128 Å². The summed E-state index contributed by atoms with van der Waals surface area (Å²) in [5, 5.41) is 4.46. The topological polar surface area (TPSA) is 47.4 Å². The van der Waals surface area contributed by atoms with Crippen LogP contribution in [0.2, 0.25) is 0 Å². The van der Waals surface area contributed by atoms with Crippen molar-refractivity contribution in [2.75, 3.05) is 11.4 Å². The van der Waals surface area contributed by atoms with Crippen molar-refractivity contribution in [3.63, 3.8) is 0 Å². The fourth-order valence-electron chi connectivity index (χ4n) is 2.36. The van der Waals surface area contributed by atoms with Gasteiger partial charge in [0.25, 0.3) is 0 Å². The van der Waals surface area contributed by atoms with Crippen molar-refractivity contribution >= 4 is 11.9 Å². The van der Waals surface area contributed by atoms with Gasteiger partial charge in [0.05, 0.1) is 18.8 Å². The van der Waals surface area contributed by atoms with Gasteiger partial charge in [-0.05, 0) is 45.0 Å². The van der Waals surface area contributed by atoms with Crippen LogP contribution in [0.3, 0.4) is 0 Å². The smallest absolute Gasteiger partial charge is 0.416 e. The Bertz CT molecular complexity index is 701. The van der Waals surface area contributed by atoms with E-state index in [1.54, 1.807) is 21.7 Å². The summed E-state index contributed by atoms with van der Waals surface area (Å²) in [4.78, 5) is 13.8. The van der Waals surface area contributed by atoms with Crippen LogP contribution in [0.25, 0.3) is 11.3 Å². The molecule has 0 saturated carbocycles. The predicted molar refractivity (Wildman–Crippen MR) is 81.2 cm³/mol. The van der Waals surface area contributed by atoms with E-state index in [1.165, 1.54) is 12.1 Å². The number of carbonyl (C=O) groups is 1. The number of anilines is 1. The van der Waals surface area contributed by atoms with Crippen molar-refractivity contribution in [3.8, 4) is 11.3 Å². The molecule has 0 unspecified atom stereocenters. The average Bonchev–Trinajstić information content (AvgIpc) is 2.96. The van der Waals surface area contributed by atoms with Gasteiger partial charge < -0.3 is 4.74 Å². The molecule has 0 saturated heterocycles. The van der Waals surface area contributed by atoms with Gasteiger partial charge in [0.1, 0.15) is 17.2 Å². The van der Waals surface area contributed by atoms with Crippen LogP contribution < -0.4 is 4.90 Å². The Morgan fingerprint density at radius 1 is 1.23 bits per heavy atom. The first-order valence-electron chi connectivity index (χ1n) is 7.18. The van der Waals surface area contributed by atoms with Crippen LogP contribution >= 0.6 is 0 Å². The summed E-state index contributed by atoms with van der Waals surface area (Å²) >= 11 is 0. The molecule has 5 nitrogen and oxygen atoms in total. The maximum Gasteiger partial charge on any atom is 0.416 e. The van der Waals surface area contributed by atoms with E-state index < -0.39 is 5.60 Å². The van der Waals surface area contributed by atoms with Crippen molar-refractivity contribution in [1.82, 2.24) is 9.78 Å². The lowest BCUT2D eigenvalue weighted by Crippen LogP contribution is -2.35. The molecule has 1 aliphatic heterocycles. The molecule has 0 aliphatic carbocycles. The third-order valence-corrected chi connectivity index (χ3v) is 3.32. The summed E-state index contributed by atoms with van der Waals surface area (Å²) in [5.74, 6) is 0.416. The van der Waals surface area contributed by atoms with Crippen LogP contribution in [-0.2, 0) is 11.3 Å². The number of benzene rings is 1. The van der Waals surface area contributed by atoms with Crippen LogP contribution in [0.5, 0.6) is 0 Å². The van der Waals surface area contributed by atoms with Crippen LogP contribution in [0, 0.1) is 5.82 Å². The summed E-state index contributed by atoms with van der Waals surface area (Å²) in [5.41, 5.74) is 0.986. The van der Waals surface area contributed by atoms with E-state index in [1.807, 2.05) is 26.8 Å². The number of halogens is 1. The molecule has 2 heterocycles. The van der Waals surface area contributed by atoms with Crippen molar-refractivity contribution in [1.29, 1.82) is 0 Å². The highest BCUT2D eigenvalue weighted by molar-refractivity contribution is 5.88. The number of amides is 1. The second-order valence-electron chi connectivity index (χ2n) is 6.25. The molecule has 1 aliphatic rings. The summed E-state index contributed by atoms with van der Waals surface area (Å²) in [7, 11) is 0. The fourth-order valence-corrected chi connectivity index (χ4v) is 2.36. The van der Waals surface area contributed by atoms with Gasteiger partial charge in [0.15, 0.2) is 0 Å². The average molecular weight is 303 g/mol. The van der Waals surface area contributed by atoms with E-state index in [-0.39, 0.29) is 11.9 Å². The van der Waals surface area contributed by atoms with E-state index >= 15 is 0 Å². The van der Waals surface area contributed by atoms with Gasteiger partial charge in [-0.15, -0.1) is 0 Å². The number of hydrogen-bond donors (Lipinski definition) is 0. The molecule has 0 bridgehead atoms. The van der Waals surface area contributed by atoms with Gasteiger partial charge in [0.2, 0.25) is 0 Å². The Balaban J connectivity index is 1.86. The Hall–Kier alpha value is -2.37. The Kier molecular flexibility index (Phi) is 3.39. The van der Waals surface area contributed by atoms with Gasteiger partial charge in [-0.3, -0.25) is 4.90 Å². The van der Waals surface area contributed by atoms with Gasteiger partial charge in [-0.2, -0.15) is 5.10 Å². The molecule has 1 aromatic heterocycles. The number of rotatable bonds is 1. The van der Waals surface area contributed by atoms with Crippen molar-refractivity contribution in [3.05, 3.63) is 36.1 Å². The lowest BCUT2D eigenvalue weighted by molar-refractivity contribution is 0.0584. The minimum absolute atomic E-state index is 0.286. The zero-order valence-corrected chi connectivity index (χ0v) is 12.8. The van der Waals surface area contributed by atoms with Crippen LogP contribution in [-0.4, -0.2) is 28.0 Å². The van der Waals surface area contributed by atoms with Crippen LogP contribution in [0.15, 0.2) is 30.3 Å². The second-order valence-corrected chi connectivity index (χ2v) is 6.25. The summed E-state index contributed by atoms with van der Waals surface area (Å²) in [6.07, 6.45) is -0.378. The largest absolute Gasteiger partial charge is 0.443 e. The van der Waals surface area contributed by atoms with Crippen molar-refractivity contribution in [2.45, 2.75) is 32.9 Å². The Morgan fingerprint density at radius 2 is 1.91 bits per heavy atom. The summed E-state index contributed by atoms with van der Waals surface area (Å²) in [6.45, 7) is 6.67. The maximum atomic E-state index is 13.0. The molecule has 1 aromatic carbocycles. The van der Waals surface area contributed by atoms with Gasteiger partial charge in [-0.1, -0.05) is 0 Å². The molecule has 2 aromatic rings. The molecule has 0 atom stereocenters. The molecule has 116 valence electrons. The first-order chi connectivity index (χ1) is 10.3. The number of nitrogens with zero attached hydrogens (tertiary/aromatic N) is 3. The molecule has 6 heteroatoms. The summed E-state index contributed by atoms with van der Waals surface area (Å²) in [6, 6.07) is 7.96. The first-order valence-corrected chi connectivity index (χ1v) is 7.18. The highest BCUT2D eigenvalue weighted by Crippen LogP contribution is 2.29. The van der Waals surface area contributed by atoms with E-state index in [0.29, 0.717) is 24.6 Å². The molecule has 0 radical (unpaired) electrons. The quantitative estimate of drug-likeness (QED) is 0.810. The second kappa shape index (κ2) is 5.12. The molecule has 0 spiro atoms. The van der Waals surface area contributed by atoms with Crippen molar-refractivity contribution < 1.29 is 13.9 Å². The minimum Gasteiger partial charge on any atom is -0.443 e. The number of ether oxygens (including phenoxy) is 1. The van der Waals surface area contributed by atoms with Gasteiger partial charge in [0, 0.05) is 11.6 Å². The van der Waals surface area contributed by atoms with E-state index in [4.69, 9.17) is 4.74 Å². The minimum atomic E-state index is -0.537. The predicted octanol–water partition coefficient (Wildman–Crippen LogP) is 3.44. The molecule has 0 N–H and O–H groups in total. The van der Waals surface area contributed by atoms with Crippen molar-refractivity contribution in [2.24, 2.45) is 0 Å².